The second kappa shape index (κ2) is 6.16. The van der Waals surface area contributed by atoms with Crippen LogP contribution < -0.4 is 5.32 Å². The Hall–Kier alpha value is -1.71. The zero-order valence-corrected chi connectivity index (χ0v) is 12.4. The van der Waals surface area contributed by atoms with Gasteiger partial charge in [-0.1, -0.05) is 31.2 Å². The van der Waals surface area contributed by atoms with Crippen molar-refractivity contribution in [3.63, 3.8) is 0 Å². The molecule has 2 nitrogen and oxygen atoms in total. The highest BCUT2D eigenvalue weighted by Gasteiger charge is 2.14. The molecule has 1 N–H and O–H groups in total. The zero-order chi connectivity index (χ0) is 13.8. The minimum atomic E-state index is 0.313. The van der Waals surface area contributed by atoms with Crippen LogP contribution in [-0.4, -0.2) is 11.5 Å². The van der Waals surface area contributed by atoms with Crippen molar-refractivity contribution < 1.29 is 0 Å². The van der Waals surface area contributed by atoms with Gasteiger partial charge in [0.1, 0.15) is 0 Å². The molecule has 0 radical (unpaired) electrons. The van der Waals surface area contributed by atoms with Crippen LogP contribution >= 0.6 is 11.3 Å². The Labute approximate surface area is 123 Å². The maximum atomic E-state index is 4.58. The molecular formula is C17H18N2S. The smallest absolute Gasteiger partial charge is 0.0749 e. The van der Waals surface area contributed by atoms with Crippen LogP contribution in [-0.2, 0) is 6.42 Å². The Bertz CT molecular complexity index is 671. The van der Waals surface area contributed by atoms with E-state index in [1.807, 2.05) is 12.3 Å². The number of hydrogen-bond donors (Lipinski definition) is 1. The van der Waals surface area contributed by atoms with Crippen molar-refractivity contribution in [2.24, 2.45) is 0 Å². The van der Waals surface area contributed by atoms with E-state index < -0.39 is 0 Å². The number of benzene rings is 1. The van der Waals surface area contributed by atoms with Crippen molar-refractivity contribution in [3.05, 3.63) is 64.5 Å². The molecule has 0 saturated carbocycles. The lowest BCUT2D eigenvalue weighted by Gasteiger charge is -2.19. The number of para-hydroxylation sites is 1. The van der Waals surface area contributed by atoms with E-state index in [2.05, 4.69) is 58.3 Å². The van der Waals surface area contributed by atoms with Gasteiger partial charge in [0.2, 0.25) is 0 Å². The number of fused-ring (bicyclic) bond motifs is 1. The van der Waals surface area contributed by atoms with Gasteiger partial charge in [0, 0.05) is 17.6 Å². The highest BCUT2D eigenvalue weighted by atomic mass is 32.1. The summed E-state index contributed by atoms with van der Waals surface area (Å²) < 4.78 is 0. The van der Waals surface area contributed by atoms with Crippen LogP contribution in [0.15, 0.2) is 53.4 Å². The predicted molar refractivity (Wildman–Crippen MR) is 86.2 cm³/mol. The Balaban J connectivity index is 2.00. The second-order valence-electron chi connectivity index (χ2n) is 4.87. The van der Waals surface area contributed by atoms with Crippen molar-refractivity contribution in [1.29, 1.82) is 0 Å². The van der Waals surface area contributed by atoms with Crippen LogP contribution in [0.1, 0.15) is 24.1 Å². The first-order valence-corrected chi connectivity index (χ1v) is 7.91. The monoisotopic (exact) mass is 282 g/mol. The molecule has 3 rings (SSSR count). The van der Waals surface area contributed by atoms with Crippen molar-refractivity contribution >= 4 is 22.2 Å². The summed E-state index contributed by atoms with van der Waals surface area (Å²) in [5.74, 6) is 0. The van der Waals surface area contributed by atoms with Crippen LogP contribution in [0, 0.1) is 0 Å². The molecule has 2 aromatic heterocycles. The van der Waals surface area contributed by atoms with E-state index in [-0.39, 0.29) is 0 Å². The lowest BCUT2D eigenvalue weighted by atomic mass is 9.97. The van der Waals surface area contributed by atoms with Crippen LogP contribution in [0.4, 0.5) is 0 Å². The SMILES string of the molecule is CCNC(Cc1ccsc1)c1cccc2cccnc12. The quantitative estimate of drug-likeness (QED) is 0.759. The molecule has 0 spiro atoms. The molecule has 0 aliphatic heterocycles. The Morgan fingerprint density at radius 2 is 2.10 bits per heavy atom. The van der Waals surface area contributed by atoms with Gasteiger partial charge in [-0.15, -0.1) is 0 Å². The van der Waals surface area contributed by atoms with Crippen molar-refractivity contribution in [3.8, 4) is 0 Å². The van der Waals surface area contributed by atoms with E-state index in [1.165, 1.54) is 16.5 Å². The maximum Gasteiger partial charge on any atom is 0.0749 e. The van der Waals surface area contributed by atoms with Gasteiger partial charge >= 0.3 is 0 Å². The van der Waals surface area contributed by atoms with E-state index in [9.17, 15) is 0 Å². The van der Waals surface area contributed by atoms with Crippen LogP contribution in [0.25, 0.3) is 10.9 Å². The number of aromatic nitrogens is 1. The first-order valence-electron chi connectivity index (χ1n) is 6.96. The summed E-state index contributed by atoms with van der Waals surface area (Å²) in [5, 5.41) is 9.16. The molecule has 2 heterocycles. The van der Waals surface area contributed by atoms with Gasteiger partial charge in [-0.25, -0.2) is 0 Å². The van der Waals surface area contributed by atoms with Gasteiger partial charge in [-0.3, -0.25) is 4.98 Å². The van der Waals surface area contributed by atoms with Gasteiger partial charge in [0.05, 0.1) is 5.52 Å². The normalized spacial score (nSPS) is 12.7. The van der Waals surface area contributed by atoms with Gasteiger partial charge in [0.25, 0.3) is 0 Å². The molecule has 0 amide bonds. The van der Waals surface area contributed by atoms with Crippen molar-refractivity contribution in [2.75, 3.05) is 6.54 Å². The predicted octanol–water partition coefficient (Wildman–Crippen LogP) is 4.19. The molecule has 0 aliphatic carbocycles. The first kappa shape index (κ1) is 13.3. The topological polar surface area (TPSA) is 24.9 Å². The molecule has 20 heavy (non-hydrogen) atoms. The van der Waals surface area contributed by atoms with Gasteiger partial charge < -0.3 is 5.32 Å². The summed E-state index contributed by atoms with van der Waals surface area (Å²) in [7, 11) is 0. The second-order valence-corrected chi connectivity index (χ2v) is 5.65. The summed E-state index contributed by atoms with van der Waals surface area (Å²) in [4.78, 5) is 4.58. The van der Waals surface area contributed by atoms with E-state index in [1.54, 1.807) is 11.3 Å². The zero-order valence-electron chi connectivity index (χ0n) is 11.5. The molecule has 3 aromatic rings. The highest BCUT2D eigenvalue weighted by molar-refractivity contribution is 7.07. The first-order chi connectivity index (χ1) is 9.88. The summed E-state index contributed by atoms with van der Waals surface area (Å²) >= 11 is 1.76. The van der Waals surface area contributed by atoms with Crippen molar-refractivity contribution in [2.45, 2.75) is 19.4 Å². The molecular weight excluding hydrogens is 264 g/mol. The van der Waals surface area contributed by atoms with Gasteiger partial charge in [0.15, 0.2) is 0 Å². The van der Waals surface area contributed by atoms with E-state index in [0.29, 0.717) is 6.04 Å². The van der Waals surface area contributed by atoms with Gasteiger partial charge in [-0.05, 0) is 47.0 Å². The molecule has 1 aromatic carbocycles. The summed E-state index contributed by atoms with van der Waals surface area (Å²) in [6, 6.07) is 13.1. The third kappa shape index (κ3) is 2.74. The fourth-order valence-corrected chi connectivity index (χ4v) is 3.27. The fourth-order valence-electron chi connectivity index (χ4n) is 2.59. The molecule has 1 unspecified atom stereocenters. The molecule has 0 bridgehead atoms. The minimum absolute atomic E-state index is 0.313. The Morgan fingerprint density at radius 3 is 2.90 bits per heavy atom. The minimum Gasteiger partial charge on any atom is -0.310 e. The van der Waals surface area contributed by atoms with Crippen LogP contribution in [0.2, 0.25) is 0 Å². The number of nitrogens with one attached hydrogen (secondary N) is 1. The maximum absolute atomic E-state index is 4.58. The standard InChI is InChI=1S/C17H18N2S/c1-2-18-16(11-13-8-10-20-12-13)15-7-3-5-14-6-4-9-19-17(14)15/h3-10,12,16,18H,2,11H2,1H3. The molecule has 102 valence electrons. The fraction of sp³-hybridized carbons (Fsp3) is 0.235. The average Bonchev–Trinajstić information content (AvgIpc) is 2.99. The van der Waals surface area contributed by atoms with Crippen molar-refractivity contribution in [1.82, 2.24) is 10.3 Å². The van der Waals surface area contributed by atoms with Gasteiger partial charge in [-0.2, -0.15) is 11.3 Å². The lowest BCUT2D eigenvalue weighted by Crippen LogP contribution is -2.23. The number of thiophene rings is 1. The number of rotatable bonds is 5. The lowest BCUT2D eigenvalue weighted by molar-refractivity contribution is 0.553. The Kier molecular flexibility index (Phi) is 4.09. The summed E-state index contributed by atoms with van der Waals surface area (Å²) in [5.41, 5.74) is 3.78. The number of likely N-dealkylation sites (N-methyl/N-ethyl adjacent to an activating group) is 1. The third-order valence-corrected chi connectivity index (χ3v) is 4.24. The molecule has 1 atom stereocenters. The molecule has 0 saturated heterocycles. The molecule has 0 fully saturated rings. The molecule has 3 heteroatoms. The third-order valence-electron chi connectivity index (χ3n) is 3.51. The van der Waals surface area contributed by atoms with Crippen LogP contribution in [0.5, 0.6) is 0 Å². The number of pyridine rings is 1. The Morgan fingerprint density at radius 1 is 1.20 bits per heavy atom. The highest BCUT2D eigenvalue weighted by Crippen LogP contribution is 2.25. The number of nitrogens with zero attached hydrogens (tertiary/aromatic N) is 1. The average molecular weight is 282 g/mol. The number of hydrogen-bond acceptors (Lipinski definition) is 3. The van der Waals surface area contributed by atoms with Crippen LogP contribution in [0.3, 0.4) is 0 Å². The summed E-state index contributed by atoms with van der Waals surface area (Å²) in [6.45, 7) is 3.11. The van der Waals surface area contributed by atoms with E-state index in [0.717, 1.165) is 18.5 Å². The van der Waals surface area contributed by atoms with E-state index in [4.69, 9.17) is 0 Å². The van der Waals surface area contributed by atoms with E-state index >= 15 is 0 Å². The largest absolute Gasteiger partial charge is 0.310 e. The molecule has 0 aliphatic rings. The summed E-state index contributed by atoms with van der Waals surface area (Å²) in [6.07, 6.45) is 2.88.